The molecule has 9 heteroatoms. The Labute approximate surface area is 178 Å². The van der Waals surface area contributed by atoms with Crippen molar-refractivity contribution in [3.63, 3.8) is 0 Å². The minimum Gasteiger partial charge on any atom is -0.358 e. The minimum atomic E-state index is -0.542. The second kappa shape index (κ2) is 8.49. The lowest BCUT2D eigenvalue weighted by Crippen LogP contribution is -2.35. The lowest BCUT2D eigenvalue weighted by atomic mass is 10.0. The van der Waals surface area contributed by atoms with Gasteiger partial charge in [-0.1, -0.05) is 25.1 Å². The predicted molar refractivity (Wildman–Crippen MR) is 112 cm³/mol. The molecule has 1 aliphatic rings. The number of nitrogens with zero attached hydrogens (tertiary/aromatic N) is 5. The molecule has 0 spiro atoms. The number of benzene rings is 1. The van der Waals surface area contributed by atoms with Crippen LogP contribution in [0.3, 0.4) is 0 Å². The Hall–Kier alpha value is -2.84. The van der Waals surface area contributed by atoms with E-state index in [1.165, 1.54) is 23.9 Å². The smallest absolute Gasteiger partial charge is 0.358 e. The van der Waals surface area contributed by atoms with Gasteiger partial charge in [0.25, 0.3) is 0 Å². The molecule has 4 rings (SSSR count). The van der Waals surface area contributed by atoms with Crippen molar-refractivity contribution in [1.29, 1.82) is 0 Å². The monoisotopic (exact) mass is 429 g/mol. The Morgan fingerprint density at radius 1 is 1.27 bits per heavy atom. The second-order valence-electron chi connectivity index (χ2n) is 7.68. The highest BCUT2D eigenvalue weighted by Gasteiger charge is 2.22. The number of hydrogen-bond acceptors (Lipinski definition) is 5. The molecule has 1 atom stereocenters. The van der Waals surface area contributed by atoms with Gasteiger partial charge >= 0.3 is 11.1 Å². The summed E-state index contributed by atoms with van der Waals surface area (Å²) in [6.45, 7) is 5.12. The average molecular weight is 430 g/mol. The Morgan fingerprint density at radius 3 is 2.83 bits per heavy atom. The Morgan fingerprint density at radius 2 is 2.10 bits per heavy atom. The van der Waals surface area contributed by atoms with Crippen LogP contribution in [0.2, 0.25) is 5.28 Å². The highest BCUT2D eigenvalue weighted by molar-refractivity contribution is 6.28. The number of halogens is 2. The zero-order valence-corrected chi connectivity index (χ0v) is 17.2. The Kier molecular flexibility index (Phi) is 5.78. The van der Waals surface area contributed by atoms with Crippen LogP contribution in [0.25, 0.3) is 11.3 Å². The van der Waals surface area contributed by atoms with Gasteiger partial charge in [-0.2, -0.15) is 0 Å². The van der Waals surface area contributed by atoms with Crippen molar-refractivity contribution in [3.8, 4) is 11.3 Å². The number of rotatable bonds is 6. The van der Waals surface area contributed by atoms with Crippen LogP contribution in [-0.4, -0.2) is 37.4 Å². The standard InChI is InChI=1S/C21H21ClFN5O2/c1-14(11-27-13-20(28(29)30)25-21(27)22)10-26-8-7-19-16(12-26)5-6-18(24-19)15-3-2-4-17(23)9-15/h2-6,9,13-14H,7-8,10-12H2,1H3/t14-/m1/s1. The van der Waals surface area contributed by atoms with Crippen molar-refractivity contribution in [2.45, 2.75) is 26.4 Å². The summed E-state index contributed by atoms with van der Waals surface area (Å²) in [5.74, 6) is -0.271. The summed E-state index contributed by atoms with van der Waals surface area (Å²) < 4.78 is 15.1. The van der Waals surface area contributed by atoms with Crippen LogP contribution in [-0.2, 0) is 19.5 Å². The van der Waals surface area contributed by atoms with Crippen molar-refractivity contribution < 1.29 is 9.31 Å². The molecular formula is C21H21ClFN5O2. The van der Waals surface area contributed by atoms with Crippen LogP contribution in [0.1, 0.15) is 18.2 Å². The minimum absolute atomic E-state index is 0.131. The summed E-state index contributed by atoms with van der Waals surface area (Å²) in [6.07, 6.45) is 2.20. The van der Waals surface area contributed by atoms with Gasteiger partial charge in [0.1, 0.15) is 12.0 Å². The molecule has 3 aromatic rings. The Balaban J connectivity index is 1.40. The number of imidazole rings is 1. The number of pyridine rings is 1. The fraction of sp³-hybridized carbons (Fsp3) is 0.333. The van der Waals surface area contributed by atoms with E-state index in [1.54, 1.807) is 10.6 Å². The first-order valence-electron chi connectivity index (χ1n) is 9.73. The maximum absolute atomic E-state index is 13.5. The maximum Gasteiger partial charge on any atom is 0.383 e. The summed E-state index contributed by atoms with van der Waals surface area (Å²) in [6, 6.07) is 10.5. The highest BCUT2D eigenvalue weighted by Crippen LogP contribution is 2.25. The molecule has 0 aliphatic carbocycles. The third-order valence-electron chi connectivity index (χ3n) is 5.23. The van der Waals surface area contributed by atoms with Gasteiger partial charge in [0, 0.05) is 43.9 Å². The topological polar surface area (TPSA) is 77.1 Å². The summed E-state index contributed by atoms with van der Waals surface area (Å²) >= 11 is 6.02. The van der Waals surface area contributed by atoms with Crippen molar-refractivity contribution in [3.05, 3.63) is 75.1 Å². The fourth-order valence-corrected chi connectivity index (χ4v) is 4.07. The first kappa shape index (κ1) is 20.4. The summed E-state index contributed by atoms with van der Waals surface area (Å²) in [5.41, 5.74) is 3.78. The fourth-order valence-electron chi connectivity index (χ4n) is 3.87. The molecule has 30 heavy (non-hydrogen) atoms. The van der Waals surface area contributed by atoms with Gasteiger partial charge in [-0.05, 0) is 51.2 Å². The number of aromatic nitrogens is 3. The van der Waals surface area contributed by atoms with E-state index in [9.17, 15) is 14.5 Å². The number of fused-ring (bicyclic) bond motifs is 1. The average Bonchev–Trinajstić information content (AvgIpc) is 3.08. The number of hydrogen-bond donors (Lipinski definition) is 0. The zero-order valence-electron chi connectivity index (χ0n) is 16.5. The predicted octanol–water partition coefficient (Wildman–Crippen LogP) is 4.34. The van der Waals surface area contributed by atoms with Gasteiger partial charge in [0.15, 0.2) is 0 Å². The van der Waals surface area contributed by atoms with Crippen LogP contribution in [0.5, 0.6) is 0 Å². The first-order chi connectivity index (χ1) is 14.4. The largest absolute Gasteiger partial charge is 0.383 e. The van der Waals surface area contributed by atoms with E-state index in [1.807, 2.05) is 12.1 Å². The first-order valence-corrected chi connectivity index (χ1v) is 10.1. The van der Waals surface area contributed by atoms with Gasteiger partial charge in [-0.25, -0.2) is 4.39 Å². The molecule has 0 unspecified atom stereocenters. The van der Waals surface area contributed by atoms with E-state index in [4.69, 9.17) is 16.6 Å². The lowest BCUT2D eigenvalue weighted by molar-refractivity contribution is -0.389. The van der Waals surface area contributed by atoms with Crippen LogP contribution in [0.15, 0.2) is 42.6 Å². The number of nitro groups is 1. The van der Waals surface area contributed by atoms with Crippen molar-refractivity contribution >= 4 is 17.4 Å². The molecule has 0 N–H and O–H groups in total. The van der Waals surface area contributed by atoms with E-state index < -0.39 is 4.92 Å². The maximum atomic E-state index is 13.5. The molecule has 7 nitrogen and oxygen atoms in total. The molecule has 0 bridgehead atoms. The van der Waals surface area contributed by atoms with Crippen molar-refractivity contribution in [1.82, 2.24) is 19.4 Å². The van der Waals surface area contributed by atoms with E-state index >= 15 is 0 Å². The van der Waals surface area contributed by atoms with Gasteiger partial charge in [0.05, 0.1) is 5.69 Å². The van der Waals surface area contributed by atoms with Gasteiger partial charge in [-0.15, -0.1) is 0 Å². The molecule has 156 valence electrons. The summed E-state index contributed by atoms with van der Waals surface area (Å²) in [4.78, 5) is 21.2. The van der Waals surface area contributed by atoms with Crippen molar-refractivity contribution in [2.75, 3.05) is 13.1 Å². The van der Waals surface area contributed by atoms with Gasteiger partial charge in [-0.3, -0.25) is 14.5 Å². The van der Waals surface area contributed by atoms with Gasteiger partial charge < -0.3 is 10.1 Å². The van der Waals surface area contributed by atoms with Crippen LogP contribution in [0, 0.1) is 21.8 Å². The second-order valence-corrected chi connectivity index (χ2v) is 8.02. The van der Waals surface area contributed by atoms with E-state index in [2.05, 4.69) is 22.9 Å². The molecule has 1 aliphatic heterocycles. The third-order valence-corrected chi connectivity index (χ3v) is 5.53. The van der Waals surface area contributed by atoms with Crippen LogP contribution in [0.4, 0.5) is 10.2 Å². The lowest BCUT2D eigenvalue weighted by Gasteiger charge is -2.30. The summed E-state index contributed by atoms with van der Waals surface area (Å²) in [7, 11) is 0. The highest BCUT2D eigenvalue weighted by atomic mass is 35.5. The van der Waals surface area contributed by atoms with Crippen LogP contribution < -0.4 is 0 Å². The molecule has 3 heterocycles. The van der Waals surface area contributed by atoms with Crippen molar-refractivity contribution in [2.24, 2.45) is 5.92 Å². The molecule has 0 saturated heterocycles. The summed E-state index contributed by atoms with van der Waals surface area (Å²) in [5, 5.41) is 11.0. The Bertz CT molecular complexity index is 1090. The molecule has 1 aromatic carbocycles. The molecule has 0 radical (unpaired) electrons. The molecule has 0 saturated carbocycles. The molecule has 0 amide bonds. The van der Waals surface area contributed by atoms with Crippen LogP contribution >= 0.6 is 11.6 Å². The van der Waals surface area contributed by atoms with E-state index in [-0.39, 0.29) is 22.8 Å². The molecule has 0 fully saturated rings. The van der Waals surface area contributed by atoms with Gasteiger partial charge in [0.2, 0.25) is 0 Å². The quantitative estimate of drug-likeness (QED) is 0.430. The van der Waals surface area contributed by atoms with E-state index in [0.717, 1.165) is 43.0 Å². The zero-order chi connectivity index (χ0) is 21.3. The van der Waals surface area contributed by atoms with E-state index in [0.29, 0.717) is 6.54 Å². The third kappa shape index (κ3) is 4.49. The SMILES string of the molecule is C[C@H](CN1CCc2nc(-c3cccc(F)c3)ccc2C1)Cn1cc([N+](=O)[O-])nc1Cl. The normalized spacial score (nSPS) is 15.0. The molecule has 2 aromatic heterocycles. The molecular weight excluding hydrogens is 409 g/mol.